The highest BCUT2D eigenvalue weighted by atomic mass is 32.7. The van der Waals surface area contributed by atoms with Crippen LogP contribution in [0.2, 0.25) is 0 Å². The SMILES string of the molecule is C.C.C.CNC(CCCCNC(=O)CCN1C(=O)C=CC1=O)C(=O)P=S.CN[C@@H](CCCCNC(=O)CCN1C(=O)C=CC1=O)C(N)=O.S=PP=S. The van der Waals surface area contributed by atoms with Crippen molar-refractivity contribution in [2.45, 2.75) is 85.7 Å². The molecule has 7 amide bonds. The summed E-state index contributed by atoms with van der Waals surface area (Å²) in [5.41, 5.74) is 5.18. The number of carbonyl (C=O) groups is 8. The van der Waals surface area contributed by atoms with Crippen LogP contribution in [0.25, 0.3) is 0 Å². The monoisotopic (exact) mass is 841 g/mol. The van der Waals surface area contributed by atoms with Gasteiger partial charge >= 0.3 is 0 Å². The predicted octanol–water partition coefficient (Wildman–Crippen LogP) is 2.40. The number of rotatable bonds is 22. The van der Waals surface area contributed by atoms with E-state index in [9.17, 15) is 38.4 Å². The van der Waals surface area contributed by atoms with E-state index in [0.29, 0.717) is 33.3 Å². The van der Waals surface area contributed by atoms with Crippen molar-refractivity contribution in [3.63, 3.8) is 0 Å². The van der Waals surface area contributed by atoms with Crippen molar-refractivity contribution in [2.24, 2.45) is 5.73 Å². The summed E-state index contributed by atoms with van der Waals surface area (Å²) in [4.78, 5) is 93.0. The standard InChI is InChI=1S/C14H22N4O4.C14H20N3O4PS.3CH4.P2S2/c1-16-10(14(15)22)4-2-3-8-17-11(19)7-9-18-12(20)5-6-13(18)21;1-15-10(14(21)22-23)4-2-3-8-16-11(18)7-9-17-12(19)5-6-13(17)20;;;;3-1-2-4/h5-6,10,16H,2-4,7-9H2,1H3,(H2,15,22)(H,17,19);5-6,10,15H,2-4,7-9H2,1H3,(H,16,18);3*1H4;/t10-;;;;;/m0...../s1. The number of nitrogens with zero attached hydrogens (tertiary/aromatic N) is 2. The Kier molecular flexibility index (Phi) is 36.8. The Labute approximate surface area is 327 Å². The highest BCUT2D eigenvalue weighted by Crippen LogP contribution is 2.10. The maximum absolute atomic E-state index is 11.7. The van der Waals surface area contributed by atoms with Crippen molar-refractivity contribution in [3.05, 3.63) is 24.3 Å². The maximum Gasteiger partial charge on any atom is 0.253 e. The number of unbranched alkanes of at least 4 members (excludes halogenated alkanes) is 2. The molecular formula is C31H54N7O8P3S3. The smallest absolute Gasteiger partial charge is 0.253 e. The molecule has 2 heterocycles. The van der Waals surface area contributed by atoms with Crippen molar-refractivity contribution in [1.29, 1.82) is 0 Å². The van der Waals surface area contributed by atoms with E-state index >= 15 is 0 Å². The van der Waals surface area contributed by atoms with E-state index in [0.717, 1.165) is 49.6 Å². The highest BCUT2D eigenvalue weighted by Gasteiger charge is 2.24. The number of nitrogens with two attached hydrogens (primary N) is 1. The van der Waals surface area contributed by atoms with Crippen LogP contribution in [0.15, 0.2) is 24.3 Å². The van der Waals surface area contributed by atoms with Gasteiger partial charge in [0.2, 0.25) is 23.2 Å². The molecule has 0 aromatic carbocycles. The third-order valence-corrected chi connectivity index (χ3v) is 10.6. The molecule has 0 bridgehead atoms. The zero-order chi connectivity index (χ0) is 37.2. The molecule has 294 valence electrons. The van der Waals surface area contributed by atoms with E-state index < -0.39 is 0 Å². The summed E-state index contributed by atoms with van der Waals surface area (Å²) in [5.74, 6) is -2.35. The van der Waals surface area contributed by atoms with Gasteiger partial charge in [-0.2, -0.15) is 0 Å². The molecule has 2 aliphatic heterocycles. The lowest BCUT2D eigenvalue weighted by atomic mass is 10.1. The van der Waals surface area contributed by atoms with Crippen LogP contribution in [0.4, 0.5) is 0 Å². The lowest BCUT2D eigenvalue weighted by Crippen LogP contribution is -2.39. The Hall–Kier alpha value is -2.68. The summed E-state index contributed by atoms with van der Waals surface area (Å²) in [6, 6.07) is -0.583. The molecule has 0 saturated heterocycles. The first-order chi connectivity index (χ1) is 23.4. The van der Waals surface area contributed by atoms with Gasteiger partial charge in [0.15, 0.2) is 0 Å². The van der Waals surface area contributed by atoms with Crippen molar-refractivity contribution < 1.29 is 38.4 Å². The van der Waals surface area contributed by atoms with Gasteiger partial charge in [-0.15, -0.1) is 0 Å². The number of primary amides is 1. The van der Waals surface area contributed by atoms with Crippen LogP contribution >= 0.6 is 21.4 Å². The second-order valence-electron chi connectivity index (χ2n) is 10.2. The number of nitrogens with one attached hydrogen (secondary N) is 4. The van der Waals surface area contributed by atoms with Crippen molar-refractivity contribution in [2.75, 3.05) is 40.3 Å². The molecule has 0 aliphatic carbocycles. The molecule has 0 radical (unpaired) electrons. The number of hydrogen-bond acceptors (Lipinski definition) is 13. The molecule has 6 N–H and O–H groups in total. The first-order valence-electron chi connectivity index (χ1n) is 15.1. The summed E-state index contributed by atoms with van der Waals surface area (Å²) in [7, 11) is 5.47. The number of hydrogen-bond donors (Lipinski definition) is 5. The molecule has 15 nitrogen and oxygen atoms in total. The Morgan fingerprint density at radius 2 is 1.00 bits per heavy atom. The van der Waals surface area contributed by atoms with E-state index in [4.69, 9.17) is 17.5 Å². The van der Waals surface area contributed by atoms with Gasteiger partial charge in [0.05, 0.1) is 19.4 Å². The van der Waals surface area contributed by atoms with E-state index in [-0.39, 0.29) is 107 Å². The molecular weight excluding hydrogens is 788 g/mol. The molecule has 2 atom stereocenters. The molecule has 2 rings (SSSR count). The fourth-order valence-corrected chi connectivity index (χ4v) is 4.96. The average molecular weight is 842 g/mol. The van der Waals surface area contributed by atoms with Gasteiger partial charge in [-0.1, -0.05) is 22.3 Å². The van der Waals surface area contributed by atoms with E-state index in [1.165, 1.54) is 24.3 Å². The van der Waals surface area contributed by atoms with E-state index in [1.807, 2.05) is 0 Å². The van der Waals surface area contributed by atoms with E-state index in [2.05, 4.69) is 44.9 Å². The third kappa shape index (κ3) is 24.5. The first kappa shape index (κ1) is 56.1. The predicted molar refractivity (Wildman–Crippen MR) is 218 cm³/mol. The van der Waals surface area contributed by atoms with Gasteiger partial charge in [0.1, 0.15) is 0 Å². The average Bonchev–Trinajstić information content (AvgIpc) is 3.59. The Morgan fingerprint density at radius 1 is 0.654 bits per heavy atom. The van der Waals surface area contributed by atoms with Crippen LogP contribution < -0.4 is 27.0 Å². The minimum Gasteiger partial charge on any atom is -0.368 e. The summed E-state index contributed by atoms with van der Waals surface area (Å²) in [5, 5.41) is 11.2. The summed E-state index contributed by atoms with van der Waals surface area (Å²) in [6.45, 7) is 1.15. The van der Waals surface area contributed by atoms with Gasteiger partial charge in [0.25, 0.3) is 23.6 Å². The van der Waals surface area contributed by atoms with Crippen LogP contribution in [-0.4, -0.2) is 109 Å². The molecule has 0 aromatic rings. The Morgan fingerprint density at radius 3 is 1.29 bits per heavy atom. The fourth-order valence-electron chi connectivity index (χ4n) is 4.19. The summed E-state index contributed by atoms with van der Waals surface area (Å²) in [6.07, 6.45) is 9.25. The fraction of sp³-hybridized carbons (Fsp3) is 0.613. The van der Waals surface area contributed by atoms with Crippen LogP contribution in [-0.2, 0) is 73.8 Å². The third-order valence-electron chi connectivity index (χ3n) is 6.87. The maximum atomic E-state index is 11.7. The van der Waals surface area contributed by atoms with Gasteiger partial charge in [-0.05, 0) is 88.0 Å². The molecule has 0 fully saturated rings. The minimum atomic E-state index is -0.389. The van der Waals surface area contributed by atoms with Gasteiger partial charge in [0, 0.05) is 77.4 Å². The van der Waals surface area contributed by atoms with Crippen LogP contribution in [0.1, 0.15) is 73.6 Å². The lowest BCUT2D eigenvalue weighted by Gasteiger charge is -2.14. The Balaban J connectivity index is -0.000000381. The molecule has 2 aliphatic rings. The highest BCUT2D eigenvalue weighted by molar-refractivity contribution is 8.40. The van der Waals surface area contributed by atoms with Gasteiger partial charge in [-0.3, -0.25) is 48.2 Å². The normalized spacial score (nSPS) is 13.9. The minimum absolute atomic E-state index is 0. The number of carbonyl (C=O) groups excluding carboxylic acids is 8. The Bertz CT molecular complexity index is 1250. The molecule has 0 saturated carbocycles. The second-order valence-corrected chi connectivity index (χ2v) is 15.6. The zero-order valence-corrected chi connectivity index (χ0v) is 32.4. The summed E-state index contributed by atoms with van der Waals surface area (Å²) >= 11 is 13.5. The molecule has 0 aromatic heterocycles. The second kappa shape index (κ2) is 34.1. The topological polar surface area (TPSA) is 217 Å². The number of likely N-dealkylation sites (N-methyl/N-ethyl adjacent to an activating group) is 2. The van der Waals surface area contributed by atoms with Crippen molar-refractivity contribution >= 4 is 104 Å². The zero-order valence-electron chi connectivity index (χ0n) is 27.3. The largest absolute Gasteiger partial charge is 0.368 e. The quantitative estimate of drug-likeness (QED) is 0.0602. The van der Waals surface area contributed by atoms with Crippen LogP contribution in [0.3, 0.4) is 0 Å². The molecule has 21 heteroatoms. The number of imide groups is 2. The molecule has 1 unspecified atom stereocenters. The van der Waals surface area contributed by atoms with E-state index in [1.54, 1.807) is 14.1 Å². The van der Waals surface area contributed by atoms with Gasteiger partial charge in [-0.25, -0.2) is 0 Å². The molecule has 0 spiro atoms. The van der Waals surface area contributed by atoms with Crippen molar-refractivity contribution in [3.8, 4) is 0 Å². The molecule has 52 heavy (non-hydrogen) atoms. The van der Waals surface area contributed by atoms with Gasteiger partial charge < -0.3 is 27.0 Å². The van der Waals surface area contributed by atoms with Crippen LogP contribution in [0.5, 0.6) is 0 Å². The number of amides is 7. The summed E-state index contributed by atoms with van der Waals surface area (Å²) < 4.78 is 0. The lowest BCUT2D eigenvalue weighted by molar-refractivity contribution is -0.139. The van der Waals surface area contributed by atoms with Crippen molar-refractivity contribution in [1.82, 2.24) is 31.1 Å². The first-order valence-corrected chi connectivity index (χ1v) is 21.6. The van der Waals surface area contributed by atoms with Crippen LogP contribution in [0, 0.1) is 0 Å².